The van der Waals surface area contributed by atoms with Gasteiger partial charge in [0.15, 0.2) is 11.9 Å². The quantitative estimate of drug-likeness (QED) is 0.491. The van der Waals surface area contributed by atoms with Gasteiger partial charge in [0.05, 0.1) is 43.2 Å². The fourth-order valence-corrected chi connectivity index (χ4v) is 9.38. The second-order valence-electron chi connectivity index (χ2n) is 12.5. The van der Waals surface area contributed by atoms with Gasteiger partial charge in [0, 0.05) is 22.3 Å². The van der Waals surface area contributed by atoms with Crippen molar-refractivity contribution in [3.63, 3.8) is 0 Å². The molecule has 2 saturated carbocycles. The molecule has 4 heterocycles. The van der Waals surface area contributed by atoms with Crippen LogP contribution in [-0.2, 0) is 33.3 Å². The summed E-state index contributed by atoms with van der Waals surface area (Å²) in [7, 11) is 1.34. The number of carbonyl (C=O) groups is 3. The Morgan fingerprint density at radius 3 is 2.50 bits per heavy atom. The molecular formula is C27H34O9. The van der Waals surface area contributed by atoms with Gasteiger partial charge in [-0.05, 0) is 45.6 Å². The third-order valence-electron chi connectivity index (χ3n) is 10.7. The van der Waals surface area contributed by atoms with Gasteiger partial charge in [0.25, 0.3) is 0 Å². The van der Waals surface area contributed by atoms with Gasteiger partial charge in [0.1, 0.15) is 17.8 Å². The lowest BCUT2D eigenvalue weighted by Gasteiger charge is -2.65. The fourth-order valence-electron chi connectivity index (χ4n) is 9.38. The Hall–Kier alpha value is -2.23. The second-order valence-corrected chi connectivity index (χ2v) is 12.5. The van der Waals surface area contributed by atoms with Gasteiger partial charge in [0.2, 0.25) is 0 Å². The van der Waals surface area contributed by atoms with Crippen LogP contribution in [0.4, 0.5) is 0 Å². The highest BCUT2D eigenvalue weighted by molar-refractivity contribution is 5.96. The highest BCUT2D eigenvalue weighted by Crippen LogP contribution is 2.79. The largest absolute Gasteiger partial charge is 0.472 e. The van der Waals surface area contributed by atoms with E-state index in [0.717, 1.165) is 0 Å². The van der Waals surface area contributed by atoms with E-state index in [-0.39, 0.29) is 18.1 Å². The maximum absolute atomic E-state index is 14.3. The number of hydrogen-bond acceptors (Lipinski definition) is 9. The van der Waals surface area contributed by atoms with Gasteiger partial charge >= 0.3 is 11.9 Å². The number of epoxide rings is 1. The van der Waals surface area contributed by atoms with Crippen LogP contribution in [0.1, 0.15) is 65.5 Å². The Labute approximate surface area is 209 Å². The molecule has 0 radical (unpaired) electrons. The average Bonchev–Trinajstić information content (AvgIpc) is 3.31. The van der Waals surface area contributed by atoms with Crippen molar-refractivity contribution < 1.29 is 42.9 Å². The van der Waals surface area contributed by atoms with Gasteiger partial charge in [-0.2, -0.15) is 0 Å². The van der Waals surface area contributed by atoms with Crippen LogP contribution in [0.25, 0.3) is 0 Å². The number of ether oxygens (including phenoxy) is 4. The highest BCUT2D eigenvalue weighted by Gasteiger charge is 2.90. The summed E-state index contributed by atoms with van der Waals surface area (Å²) in [5.41, 5.74) is -3.99. The molecule has 0 bridgehead atoms. The van der Waals surface area contributed by atoms with Crippen LogP contribution in [-0.4, -0.2) is 59.5 Å². The monoisotopic (exact) mass is 502 g/mol. The smallest absolute Gasteiger partial charge is 0.339 e. The Morgan fingerprint density at radius 1 is 1.14 bits per heavy atom. The van der Waals surface area contributed by atoms with Gasteiger partial charge in [-0.3, -0.25) is 9.59 Å². The van der Waals surface area contributed by atoms with Crippen LogP contribution >= 0.6 is 0 Å². The van der Waals surface area contributed by atoms with Crippen molar-refractivity contribution >= 4 is 17.7 Å². The number of carbonyl (C=O) groups excluding carboxylic acids is 3. The van der Waals surface area contributed by atoms with E-state index >= 15 is 0 Å². The number of methoxy groups -OCH3 is 1. The molecule has 5 aliphatic rings. The first-order chi connectivity index (χ1) is 16.8. The maximum atomic E-state index is 14.3. The first-order valence-electron chi connectivity index (χ1n) is 12.7. The number of fused-ring (bicyclic) bond motifs is 3. The van der Waals surface area contributed by atoms with Gasteiger partial charge in [-0.15, -0.1) is 0 Å². The van der Waals surface area contributed by atoms with Crippen molar-refractivity contribution in [2.24, 2.45) is 28.1 Å². The molecule has 3 saturated heterocycles. The molecule has 1 aromatic rings. The van der Waals surface area contributed by atoms with Gasteiger partial charge in [-0.25, -0.2) is 4.79 Å². The Bertz CT molecular complexity index is 1140. The van der Waals surface area contributed by atoms with E-state index in [1.54, 1.807) is 12.3 Å². The van der Waals surface area contributed by atoms with Crippen LogP contribution in [0.2, 0.25) is 0 Å². The lowest BCUT2D eigenvalue weighted by atomic mass is 9.37. The summed E-state index contributed by atoms with van der Waals surface area (Å²) >= 11 is 0. The molecule has 9 heteroatoms. The minimum Gasteiger partial charge on any atom is -0.472 e. The zero-order valence-corrected chi connectivity index (χ0v) is 21.5. The van der Waals surface area contributed by atoms with Crippen molar-refractivity contribution in [2.75, 3.05) is 7.11 Å². The zero-order valence-electron chi connectivity index (χ0n) is 21.5. The standard InChI is InChI=1S/C27H34O9/c1-23(2)18-17(29)19(30)26(5)14(25(18,4)15(35-23)11-16(28)32-6)7-9-24(3)20(13-8-10-33-12-13)34-22(31)21-27(24,26)36-21/h8,10,12,14-15,17-18,20-21,29H,7,9,11H2,1-6H3/t14-,15+,17+,18-,20+,21-,24+,25+,26+,27-/m1/s1. The van der Waals surface area contributed by atoms with E-state index in [1.165, 1.54) is 13.4 Å². The summed E-state index contributed by atoms with van der Waals surface area (Å²) in [5, 5.41) is 11.7. The number of esters is 2. The summed E-state index contributed by atoms with van der Waals surface area (Å²) in [5.74, 6) is -2.10. The Morgan fingerprint density at radius 2 is 1.86 bits per heavy atom. The van der Waals surface area contributed by atoms with E-state index in [2.05, 4.69) is 0 Å². The van der Waals surface area contributed by atoms with Gasteiger partial charge in [-0.1, -0.05) is 13.8 Å². The zero-order chi connectivity index (χ0) is 26.1. The number of rotatable bonds is 3. The SMILES string of the molecule is COC(=O)C[C@@H]1OC(C)(C)[C@H]2[C@H](O)C(=O)[C@]3(C)[C@H](CC[C@@]4(C)[C@H](c5ccoc5)OC(=O)[C@H]5O[C@]543)[C@@]12C. The van der Waals surface area contributed by atoms with E-state index in [9.17, 15) is 19.5 Å². The van der Waals surface area contributed by atoms with Crippen molar-refractivity contribution in [3.8, 4) is 0 Å². The molecule has 196 valence electrons. The van der Waals surface area contributed by atoms with Crippen LogP contribution in [0, 0.1) is 28.1 Å². The van der Waals surface area contributed by atoms with E-state index in [0.29, 0.717) is 18.4 Å². The second kappa shape index (κ2) is 6.99. The van der Waals surface area contributed by atoms with Crippen LogP contribution in [0.5, 0.6) is 0 Å². The third-order valence-corrected chi connectivity index (χ3v) is 10.7. The van der Waals surface area contributed by atoms with Gasteiger partial charge < -0.3 is 28.5 Å². The summed E-state index contributed by atoms with van der Waals surface area (Å²) in [6, 6.07) is 1.77. The summed E-state index contributed by atoms with van der Waals surface area (Å²) in [6.45, 7) is 9.59. The van der Waals surface area contributed by atoms with Crippen molar-refractivity contribution in [2.45, 2.75) is 89.5 Å². The lowest BCUT2D eigenvalue weighted by molar-refractivity contribution is -0.222. The molecule has 3 aliphatic heterocycles. The first kappa shape index (κ1) is 24.1. The topological polar surface area (TPSA) is 125 Å². The number of Topliss-reactive ketones (excluding diaryl/α,β-unsaturated/α-hetero) is 1. The average molecular weight is 503 g/mol. The number of ketones is 1. The summed E-state index contributed by atoms with van der Waals surface area (Å²) in [6.07, 6.45) is 0.849. The minimum atomic E-state index is -1.35. The number of cyclic esters (lactones) is 1. The molecule has 1 aromatic heterocycles. The van der Waals surface area contributed by atoms with E-state index in [1.807, 2.05) is 34.6 Å². The Kier molecular flexibility index (Phi) is 4.69. The molecule has 0 aromatic carbocycles. The molecule has 9 nitrogen and oxygen atoms in total. The molecule has 2 aliphatic carbocycles. The molecular weight excluding hydrogens is 468 g/mol. The van der Waals surface area contributed by atoms with Crippen molar-refractivity contribution in [3.05, 3.63) is 24.2 Å². The lowest BCUT2D eigenvalue weighted by Crippen LogP contribution is -2.74. The minimum absolute atomic E-state index is 0.00859. The first-order valence-corrected chi connectivity index (χ1v) is 12.7. The number of aliphatic hydroxyl groups excluding tert-OH is 1. The molecule has 1 N–H and O–H groups in total. The number of aliphatic hydroxyl groups is 1. The molecule has 5 fully saturated rings. The molecule has 6 rings (SSSR count). The predicted octanol–water partition coefficient (Wildman–Crippen LogP) is 2.74. The third kappa shape index (κ3) is 2.45. The van der Waals surface area contributed by atoms with E-state index in [4.69, 9.17) is 23.4 Å². The molecule has 10 atom stereocenters. The van der Waals surface area contributed by atoms with Crippen LogP contribution in [0.15, 0.2) is 23.0 Å². The molecule has 36 heavy (non-hydrogen) atoms. The predicted molar refractivity (Wildman–Crippen MR) is 122 cm³/mol. The summed E-state index contributed by atoms with van der Waals surface area (Å²) in [4.78, 5) is 39.9. The van der Waals surface area contributed by atoms with Crippen LogP contribution < -0.4 is 0 Å². The van der Waals surface area contributed by atoms with E-state index < -0.39 is 69.7 Å². The summed E-state index contributed by atoms with van der Waals surface area (Å²) < 4.78 is 28.9. The fraction of sp³-hybridized carbons (Fsp3) is 0.741. The Balaban J connectivity index is 1.52. The maximum Gasteiger partial charge on any atom is 0.339 e. The van der Waals surface area contributed by atoms with Crippen molar-refractivity contribution in [1.82, 2.24) is 0 Å². The number of hydrogen-bond donors (Lipinski definition) is 1. The number of furan rings is 1. The van der Waals surface area contributed by atoms with Crippen molar-refractivity contribution in [1.29, 1.82) is 0 Å². The molecule has 0 amide bonds. The van der Waals surface area contributed by atoms with Crippen LogP contribution in [0.3, 0.4) is 0 Å². The normalized spacial score (nSPS) is 50.3. The highest BCUT2D eigenvalue weighted by atomic mass is 16.7. The molecule has 0 unspecified atom stereocenters. The molecule has 1 spiro atoms.